The highest BCUT2D eigenvalue weighted by molar-refractivity contribution is 8.14. The Kier molecular flexibility index (Phi) is 4.50. The van der Waals surface area contributed by atoms with Crippen LogP contribution in [-0.4, -0.2) is 56.9 Å². The van der Waals surface area contributed by atoms with E-state index in [9.17, 15) is 14.4 Å². The van der Waals surface area contributed by atoms with E-state index in [2.05, 4.69) is 5.16 Å². The SMILES string of the molecule is O=C(c1cc(-c2ccccc2)on1)N1CCC(N2C(=O)CSC2=O)CC1. The number of hydrogen-bond donors (Lipinski definition) is 0. The lowest BCUT2D eigenvalue weighted by atomic mass is 10.0. The van der Waals surface area contributed by atoms with Crippen LogP contribution in [0.1, 0.15) is 23.3 Å². The van der Waals surface area contributed by atoms with Crippen LogP contribution in [0.3, 0.4) is 0 Å². The van der Waals surface area contributed by atoms with E-state index in [1.165, 1.54) is 4.90 Å². The summed E-state index contributed by atoms with van der Waals surface area (Å²) in [4.78, 5) is 39.4. The first-order valence-corrected chi connectivity index (χ1v) is 9.42. The van der Waals surface area contributed by atoms with Crippen molar-refractivity contribution in [3.8, 4) is 11.3 Å². The highest BCUT2D eigenvalue weighted by Crippen LogP contribution is 2.27. The summed E-state index contributed by atoms with van der Waals surface area (Å²) in [5, 5.41) is 3.72. The summed E-state index contributed by atoms with van der Waals surface area (Å²) in [6.45, 7) is 0.970. The summed E-state index contributed by atoms with van der Waals surface area (Å²) in [6, 6.07) is 11.0. The zero-order valence-corrected chi connectivity index (χ0v) is 14.8. The van der Waals surface area contributed by atoms with Crippen LogP contribution in [0, 0.1) is 0 Å². The summed E-state index contributed by atoms with van der Waals surface area (Å²) >= 11 is 1.05. The molecule has 2 aliphatic rings. The van der Waals surface area contributed by atoms with Gasteiger partial charge in [-0.05, 0) is 12.8 Å². The van der Waals surface area contributed by atoms with Crippen molar-refractivity contribution in [1.82, 2.24) is 15.0 Å². The van der Waals surface area contributed by atoms with Crippen LogP contribution >= 0.6 is 11.8 Å². The Labute approximate surface area is 154 Å². The number of aromatic nitrogens is 1. The molecular weight excluding hydrogens is 354 g/mol. The second-order valence-corrected chi connectivity index (χ2v) is 7.21. The maximum atomic E-state index is 12.7. The molecule has 2 saturated heterocycles. The van der Waals surface area contributed by atoms with Gasteiger partial charge in [-0.15, -0.1) is 0 Å². The van der Waals surface area contributed by atoms with E-state index >= 15 is 0 Å². The zero-order valence-electron chi connectivity index (χ0n) is 14.0. The zero-order chi connectivity index (χ0) is 18.1. The Morgan fingerprint density at radius 1 is 1.15 bits per heavy atom. The monoisotopic (exact) mass is 371 g/mol. The van der Waals surface area contributed by atoms with Crippen molar-refractivity contribution in [2.75, 3.05) is 18.8 Å². The molecule has 7 nitrogen and oxygen atoms in total. The minimum atomic E-state index is -0.192. The molecule has 8 heteroatoms. The van der Waals surface area contributed by atoms with E-state index in [0.29, 0.717) is 31.7 Å². The van der Waals surface area contributed by atoms with Crippen molar-refractivity contribution < 1.29 is 18.9 Å². The summed E-state index contributed by atoms with van der Waals surface area (Å²) in [5.41, 5.74) is 1.13. The number of benzene rings is 1. The molecule has 3 amide bonds. The van der Waals surface area contributed by atoms with Gasteiger partial charge in [0.05, 0.1) is 5.75 Å². The van der Waals surface area contributed by atoms with E-state index in [-0.39, 0.29) is 34.5 Å². The van der Waals surface area contributed by atoms with Crippen LogP contribution in [0.25, 0.3) is 11.3 Å². The second-order valence-electron chi connectivity index (χ2n) is 6.28. The van der Waals surface area contributed by atoms with Gasteiger partial charge in [-0.25, -0.2) is 0 Å². The fourth-order valence-corrected chi connectivity index (χ4v) is 4.10. The Balaban J connectivity index is 1.40. The predicted molar refractivity (Wildman–Crippen MR) is 95.6 cm³/mol. The van der Waals surface area contributed by atoms with Gasteiger partial charge in [-0.2, -0.15) is 0 Å². The van der Waals surface area contributed by atoms with E-state index in [1.54, 1.807) is 11.0 Å². The van der Waals surface area contributed by atoms with Gasteiger partial charge in [0.1, 0.15) is 0 Å². The number of nitrogens with zero attached hydrogens (tertiary/aromatic N) is 3. The standard InChI is InChI=1S/C18H17N3O4S/c22-16-11-26-18(24)21(16)13-6-8-20(9-7-13)17(23)14-10-15(25-19-14)12-4-2-1-3-5-12/h1-5,10,13H,6-9,11H2. The molecule has 2 aromatic rings. The van der Waals surface area contributed by atoms with Crippen LogP contribution in [-0.2, 0) is 4.79 Å². The molecule has 3 heterocycles. The lowest BCUT2D eigenvalue weighted by Gasteiger charge is -2.35. The maximum Gasteiger partial charge on any atom is 0.289 e. The summed E-state index contributed by atoms with van der Waals surface area (Å²) in [7, 11) is 0. The molecule has 2 fully saturated rings. The number of hydrogen-bond acceptors (Lipinski definition) is 6. The minimum absolute atomic E-state index is 0.119. The first-order valence-electron chi connectivity index (χ1n) is 8.44. The van der Waals surface area contributed by atoms with E-state index in [0.717, 1.165) is 17.3 Å². The van der Waals surface area contributed by atoms with Crippen LogP contribution in [0.4, 0.5) is 4.79 Å². The third-order valence-electron chi connectivity index (χ3n) is 4.69. The fraction of sp³-hybridized carbons (Fsp3) is 0.333. The number of imide groups is 1. The third kappa shape index (κ3) is 3.12. The number of carbonyl (C=O) groups is 3. The molecular formula is C18H17N3O4S. The van der Waals surface area contributed by atoms with Crippen molar-refractivity contribution in [3.05, 3.63) is 42.1 Å². The van der Waals surface area contributed by atoms with Crippen molar-refractivity contribution in [3.63, 3.8) is 0 Å². The van der Waals surface area contributed by atoms with Crippen molar-refractivity contribution >= 4 is 28.8 Å². The molecule has 0 atom stereocenters. The molecule has 4 rings (SSSR count). The van der Waals surface area contributed by atoms with Gasteiger partial charge in [0, 0.05) is 30.8 Å². The molecule has 0 N–H and O–H groups in total. The van der Waals surface area contributed by atoms with Crippen LogP contribution < -0.4 is 0 Å². The molecule has 0 spiro atoms. The molecule has 1 aromatic heterocycles. The Hall–Kier alpha value is -2.61. The molecule has 26 heavy (non-hydrogen) atoms. The molecule has 0 radical (unpaired) electrons. The number of amides is 3. The number of thioether (sulfide) groups is 1. The van der Waals surface area contributed by atoms with Crippen LogP contribution in [0.5, 0.6) is 0 Å². The highest BCUT2D eigenvalue weighted by Gasteiger charge is 2.38. The Morgan fingerprint density at radius 2 is 1.88 bits per heavy atom. The third-order valence-corrected chi connectivity index (χ3v) is 5.52. The summed E-state index contributed by atoms with van der Waals surface area (Å²) in [6.07, 6.45) is 1.18. The molecule has 0 saturated carbocycles. The van der Waals surface area contributed by atoms with Gasteiger partial charge in [-0.3, -0.25) is 19.3 Å². The van der Waals surface area contributed by atoms with Gasteiger partial charge < -0.3 is 9.42 Å². The maximum absolute atomic E-state index is 12.7. The molecule has 0 aliphatic carbocycles. The predicted octanol–water partition coefficient (Wildman–Crippen LogP) is 2.64. The number of piperidine rings is 1. The van der Waals surface area contributed by atoms with Crippen molar-refractivity contribution in [1.29, 1.82) is 0 Å². The first kappa shape index (κ1) is 16.8. The van der Waals surface area contributed by atoms with Crippen molar-refractivity contribution in [2.24, 2.45) is 0 Å². The summed E-state index contributed by atoms with van der Waals surface area (Å²) in [5.74, 6) is 0.449. The normalized spacial score (nSPS) is 18.6. The average molecular weight is 371 g/mol. The number of likely N-dealkylation sites (tertiary alicyclic amines) is 1. The Morgan fingerprint density at radius 3 is 2.54 bits per heavy atom. The van der Waals surface area contributed by atoms with Crippen LogP contribution in [0.15, 0.2) is 40.9 Å². The van der Waals surface area contributed by atoms with E-state index < -0.39 is 0 Å². The molecule has 2 aliphatic heterocycles. The first-order chi connectivity index (χ1) is 12.6. The molecule has 134 valence electrons. The minimum Gasteiger partial charge on any atom is -0.355 e. The second kappa shape index (κ2) is 6.95. The Bertz CT molecular complexity index is 827. The summed E-state index contributed by atoms with van der Waals surface area (Å²) < 4.78 is 5.30. The lowest BCUT2D eigenvalue weighted by molar-refractivity contribution is -0.126. The lowest BCUT2D eigenvalue weighted by Crippen LogP contribution is -2.48. The smallest absolute Gasteiger partial charge is 0.289 e. The topological polar surface area (TPSA) is 83.7 Å². The van der Waals surface area contributed by atoms with Crippen LogP contribution in [0.2, 0.25) is 0 Å². The van der Waals surface area contributed by atoms with Gasteiger partial charge >= 0.3 is 0 Å². The van der Waals surface area contributed by atoms with Crippen molar-refractivity contribution in [2.45, 2.75) is 18.9 Å². The number of rotatable bonds is 3. The van der Waals surface area contributed by atoms with Gasteiger partial charge in [-0.1, -0.05) is 47.3 Å². The highest BCUT2D eigenvalue weighted by atomic mass is 32.2. The van der Waals surface area contributed by atoms with Gasteiger partial charge in [0.2, 0.25) is 5.91 Å². The van der Waals surface area contributed by atoms with E-state index in [4.69, 9.17) is 4.52 Å². The van der Waals surface area contributed by atoms with Gasteiger partial charge in [0.25, 0.3) is 11.1 Å². The van der Waals surface area contributed by atoms with Gasteiger partial charge in [0.15, 0.2) is 11.5 Å². The number of carbonyl (C=O) groups excluding carboxylic acids is 3. The largest absolute Gasteiger partial charge is 0.355 e. The molecule has 0 bridgehead atoms. The molecule has 1 aromatic carbocycles. The van der Waals surface area contributed by atoms with E-state index in [1.807, 2.05) is 30.3 Å². The molecule has 0 unspecified atom stereocenters. The average Bonchev–Trinajstić information content (AvgIpc) is 3.29. The fourth-order valence-electron chi connectivity index (χ4n) is 3.32. The quantitative estimate of drug-likeness (QED) is 0.825.